The van der Waals surface area contributed by atoms with Crippen LogP contribution in [0.4, 0.5) is 0 Å². The third-order valence-electron chi connectivity index (χ3n) is 3.22. The van der Waals surface area contributed by atoms with E-state index < -0.39 is 0 Å². The van der Waals surface area contributed by atoms with Crippen LogP contribution in [0.25, 0.3) is 0 Å². The highest BCUT2D eigenvalue weighted by atomic mass is 32.1. The molecule has 0 saturated carbocycles. The van der Waals surface area contributed by atoms with Gasteiger partial charge in [-0.3, -0.25) is 9.67 Å². The van der Waals surface area contributed by atoms with E-state index in [0.29, 0.717) is 16.9 Å². The van der Waals surface area contributed by atoms with Gasteiger partial charge in [-0.1, -0.05) is 6.07 Å². The van der Waals surface area contributed by atoms with Gasteiger partial charge in [-0.15, -0.1) is 0 Å². The van der Waals surface area contributed by atoms with E-state index in [-0.39, 0.29) is 5.54 Å². The van der Waals surface area contributed by atoms with E-state index in [0.717, 1.165) is 17.1 Å². The van der Waals surface area contributed by atoms with E-state index in [1.54, 1.807) is 14.2 Å². The molecule has 0 spiro atoms. The van der Waals surface area contributed by atoms with Crippen molar-refractivity contribution in [3.05, 3.63) is 34.4 Å². The summed E-state index contributed by atoms with van der Waals surface area (Å²) < 4.78 is 13.3. The molecule has 0 amide bonds. The first-order chi connectivity index (χ1) is 9.86. The van der Waals surface area contributed by atoms with Crippen LogP contribution in [0.1, 0.15) is 32.2 Å². The largest absolute Gasteiger partial charge is 0.493 e. The second kappa shape index (κ2) is 5.89. The lowest BCUT2D eigenvalue weighted by Crippen LogP contribution is -2.24. The summed E-state index contributed by atoms with van der Waals surface area (Å²) in [6, 6.07) is 5.87. The lowest BCUT2D eigenvalue weighted by atomic mass is 10.1. The third kappa shape index (κ3) is 3.26. The number of hydrogen-bond acceptors (Lipinski definition) is 4. The number of ether oxygens (including phenoxy) is 2. The molecule has 0 aliphatic rings. The van der Waals surface area contributed by atoms with Crippen LogP contribution < -0.4 is 9.47 Å². The quantitative estimate of drug-likeness (QED) is 0.881. The molecule has 5 nitrogen and oxygen atoms in total. The summed E-state index contributed by atoms with van der Waals surface area (Å²) in [6.45, 7) is 6.32. The number of aromatic nitrogens is 3. The number of hydrogen-bond donors (Lipinski definition) is 1. The Hall–Kier alpha value is -1.82. The van der Waals surface area contributed by atoms with Crippen molar-refractivity contribution in [2.24, 2.45) is 0 Å². The minimum atomic E-state index is -0.115. The summed E-state index contributed by atoms with van der Waals surface area (Å²) in [7, 11) is 3.26. The van der Waals surface area contributed by atoms with E-state index in [9.17, 15) is 0 Å². The van der Waals surface area contributed by atoms with Gasteiger partial charge < -0.3 is 9.47 Å². The molecule has 0 saturated heterocycles. The molecule has 0 aliphatic heterocycles. The molecule has 1 heterocycles. The average Bonchev–Trinajstić information content (AvgIpc) is 2.79. The van der Waals surface area contributed by atoms with Crippen LogP contribution >= 0.6 is 12.2 Å². The Morgan fingerprint density at radius 2 is 1.86 bits per heavy atom. The molecule has 1 aromatic carbocycles. The summed E-state index contributed by atoms with van der Waals surface area (Å²) in [5.41, 5.74) is 0.975. The molecule has 0 unspecified atom stereocenters. The lowest BCUT2D eigenvalue weighted by Gasteiger charge is -2.22. The van der Waals surface area contributed by atoms with Crippen molar-refractivity contribution < 1.29 is 9.47 Å². The predicted molar refractivity (Wildman–Crippen MR) is 84.8 cm³/mol. The first kappa shape index (κ1) is 15.6. The number of aromatic amines is 1. The van der Waals surface area contributed by atoms with Crippen LogP contribution in [0.15, 0.2) is 18.2 Å². The molecule has 0 radical (unpaired) electrons. The van der Waals surface area contributed by atoms with E-state index in [4.69, 9.17) is 21.7 Å². The van der Waals surface area contributed by atoms with Crippen LogP contribution in [0.2, 0.25) is 0 Å². The molecule has 114 valence electrons. The number of nitrogens with one attached hydrogen (secondary N) is 1. The second-order valence-corrected chi connectivity index (χ2v) is 6.20. The maximum absolute atomic E-state index is 5.34. The van der Waals surface area contributed by atoms with Gasteiger partial charge in [0.1, 0.15) is 5.82 Å². The molecule has 0 fully saturated rings. The first-order valence-electron chi connectivity index (χ1n) is 6.74. The van der Waals surface area contributed by atoms with Crippen LogP contribution in [0, 0.1) is 4.77 Å². The van der Waals surface area contributed by atoms with E-state index in [2.05, 4.69) is 31.0 Å². The Labute approximate surface area is 129 Å². The summed E-state index contributed by atoms with van der Waals surface area (Å²) in [5, 5.41) is 7.22. The Bertz CT molecular complexity index is 683. The summed E-state index contributed by atoms with van der Waals surface area (Å²) in [5.74, 6) is 2.34. The van der Waals surface area contributed by atoms with E-state index in [1.165, 1.54) is 0 Å². The van der Waals surface area contributed by atoms with Crippen molar-refractivity contribution in [3.8, 4) is 11.5 Å². The predicted octanol–water partition coefficient (Wildman–Crippen LogP) is 3.30. The number of benzene rings is 1. The van der Waals surface area contributed by atoms with Gasteiger partial charge in [-0.2, -0.15) is 5.10 Å². The zero-order valence-electron chi connectivity index (χ0n) is 13.1. The van der Waals surface area contributed by atoms with Crippen molar-refractivity contribution in [1.29, 1.82) is 0 Å². The van der Waals surface area contributed by atoms with Gasteiger partial charge in [0, 0.05) is 12.0 Å². The molecular formula is C15H21N3O2S. The first-order valence-corrected chi connectivity index (χ1v) is 7.15. The Balaban J connectivity index is 2.38. The number of methoxy groups -OCH3 is 2. The monoisotopic (exact) mass is 307 g/mol. The molecule has 2 rings (SSSR count). The third-order valence-corrected chi connectivity index (χ3v) is 3.50. The zero-order chi connectivity index (χ0) is 15.6. The zero-order valence-corrected chi connectivity index (χ0v) is 13.9. The maximum Gasteiger partial charge on any atom is 0.195 e. The molecule has 0 atom stereocenters. The van der Waals surface area contributed by atoms with Gasteiger partial charge in [-0.25, -0.2) is 0 Å². The maximum atomic E-state index is 5.34. The molecule has 0 bridgehead atoms. The van der Waals surface area contributed by atoms with Gasteiger partial charge in [0.05, 0.1) is 14.2 Å². The highest BCUT2D eigenvalue weighted by Gasteiger charge is 2.19. The Morgan fingerprint density at radius 3 is 2.43 bits per heavy atom. The average molecular weight is 307 g/mol. The van der Waals surface area contributed by atoms with Gasteiger partial charge in [-0.05, 0) is 50.7 Å². The molecular weight excluding hydrogens is 286 g/mol. The molecule has 0 aliphatic carbocycles. The van der Waals surface area contributed by atoms with Crippen molar-refractivity contribution in [3.63, 3.8) is 0 Å². The van der Waals surface area contributed by atoms with Crippen LogP contribution in [-0.2, 0) is 12.0 Å². The number of nitrogens with zero attached hydrogens (tertiary/aromatic N) is 2. The number of rotatable bonds is 4. The second-order valence-electron chi connectivity index (χ2n) is 5.82. The van der Waals surface area contributed by atoms with Gasteiger partial charge in [0.25, 0.3) is 0 Å². The molecule has 21 heavy (non-hydrogen) atoms. The number of H-pyrrole nitrogens is 1. The van der Waals surface area contributed by atoms with Crippen molar-refractivity contribution in [2.45, 2.75) is 32.7 Å². The fraction of sp³-hybridized carbons (Fsp3) is 0.467. The van der Waals surface area contributed by atoms with Gasteiger partial charge in [0.15, 0.2) is 16.3 Å². The minimum Gasteiger partial charge on any atom is -0.493 e. The van der Waals surface area contributed by atoms with Crippen LogP contribution in [0.5, 0.6) is 11.5 Å². The Kier molecular flexibility index (Phi) is 4.37. The molecule has 1 N–H and O–H groups in total. The van der Waals surface area contributed by atoms with Crippen LogP contribution in [-0.4, -0.2) is 29.0 Å². The lowest BCUT2D eigenvalue weighted by molar-refractivity contribution is 0.354. The fourth-order valence-corrected chi connectivity index (χ4v) is 2.74. The molecule has 6 heteroatoms. The normalized spacial score (nSPS) is 11.5. The van der Waals surface area contributed by atoms with Gasteiger partial charge in [0.2, 0.25) is 0 Å². The topological polar surface area (TPSA) is 52.1 Å². The van der Waals surface area contributed by atoms with Crippen molar-refractivity contribution in [2.75, 3.05) is 14.2 Å². The highest BCUT2D eigenvalue weighted by molar-refractivity contribution is 7.71. The molecule has 1 aromatic heterocycles. The van der Waals surface area contributed by atoms with Crippen LogP contribution in [0.3, 0.4) is 0 Å². The minimum absolute atomic E-state index is 0.115. The summed E-state index contributed by atoms with van der Waals surface area (Å²) in [6.07, 6.45) is 0.671. The fourth-order valence-electron chi connectivity index (χ4n) is 2.31. The Morgan fingerprint density at radius 1 is 1.19 bits per heavy atom. The van der Waals surface area contributed by atoms with Gasteiger partial charge >= 0.3 is 0 Å². The SMILES string of the molecule is COc1ccc(Cc2n[nH]c(=S)n2C(C)(C)C)cc1OC. The smallest absolute Gasteiger partial charge is 0.195 e. The van der Waals surface area contributed by atoms with E-state index >= 15 is 0 Å². The highest BCUT2D eigenvalue weighted by Crippen LogP contribution is 2.28. The van der Waals surface area contributed by atoms with Crippen molar-refractivity contribution in [1.82, 2.24) is 14.8 Å². The van der Waals surface area contributed by atoms with Crippen molar-refractivity contribution >= 4 is 12.2 Å². The van der Waals surface area contributed by atoms with E-state index in [1.807, 2.05) is 22.8 Å². The summed E-state index contributed by atoms with van der Waals surface area (Å²) >= 11 is 5.33. The molecule has 2 aromatic rings. The standard InChI is InChI=1S/C15H21N3O2S/c1-15(2,3)18-13(16-17-14(18)21)9-10-6-7-11(19-4)12(8-10)20-5/h6-8H,9H2,1-5H3,(H,17,21). The summed E-state index contributed by atoms with van der Waals surface area (Å²) in [4.78, 5) is 0.